The molecule has 0 aliphatic carbocycles. The lowest BCUT2D eigenvalue weighted by molar-refractivity contribution is 0.886. The molecule has 0 fully saturated rings. The third-order valence-electron chi connectivity index (χ3n) is 5.35. The van der Waals surface area contributed by atoms with E-state index in [4.69, 9.17) is 11.6 Å². The van der Waals surface area contributed by atoms with Gasteiger partial charge in [0.25, 0.3) is 0 Å². The molecule has 0 saturated carbocycles. The average Bonchev–Trinajstić information content (AvgIpc) is 3.39. The molecule has 0 N–H and O–H groups in total. The van der Waals surface area contributed by atoms with E-state index in [1.807, 2.05) is 28.7 Å². The Hall–Kier alpha value is -3.77. The molecule has 6 aromatic rings. The van der Waals surface area contributed by atoms with Crippen molar-refractivity contribution in [2.75, 3.05) is 0 Å². The van der Waals surface area contributed by atoms with E-state index in [-0.39, 0.29) is 0 Å². The molecule has 0 amide bonds. The van der Waals surface area contributed by atoms with Gasteiger partial charge in [0.15, 0.2) is 11.3 Å². The highest BCUT2D eigenvalue weighted by Crippen LogP contribution is 2.24. The van der Waals surface area contributed by atoms with E-state index in [0.717, 1.165) is 28.2 Å². The van der Waals surface area contributed by atoms with Gasteiger partial charge >= 0.3 is 0 Å². The summed E-state index contributed by atoms with van der Waals surface area (Å²) in [7, 11) is 0. The molecule has 0 spiro atoms. The second-order valence-electron chi connectivity index (χ2n) is 7.14. The standard InChI is InChI=1S/C23H15ClN6/c24-17-8-10-18(11-9-17)30-22-20(13-26-30)23-28-27-21(29(23)14-25-22)12-16-6-3-5-15-4-1-2-7-19(15)16/h1-11,13-14H,12H2. The van der Waals surface area contributed by atoms with Crippen LogP contribution in [0.4, 0.5) is 0 Å². The van der Waals surface area contributed by atoms with Crippen LogP contribution < -0.4 is 0 Å². The van der Waals surface area contributed by atoms with E-state index in [0.29, 0.717) is 11.4 Å². The summed E-state index contributed by atoms with van der Waals surface area (Å²) in [6, 6.07) is 22.2. The summed E-state index contributed by atoms with van der Waals surface area (Å²) in [5.74, 6) is 0.843. The molecule has 6 nitrogen and oxygen atoms in total. The monoisotopic (exact) mass is 410 g/mol. The van der Waals surface area contributed by atoms with Crippen molar-refractivity contribution in [1.29, 1.82) is 0 Å². The van der Waals surface area contributed by atoms with Gasteiger partial charge in [-0.15, -0.1) is 10.2 Å². The number of hydrogen-bond donors (Lipinski definition) is 0. The van der Waals surface area contributed by atoms with Crippen LogP contribution in [0.2, 0.25) is 5.02 Å². The van der Waals surface area contributed by atoms with Crippen molar-refractivity contribution in [3.8, 4) is 5.69 Å². The Morgan fingerprint density at radius 2 is 1.63 bits per heavy atom. The summed E-state index contributed by atoms with van der Waals surface area (Å²) in [6.45, 7) is 0. The minimum absolute atomic E-state index is 0.668. The second kappa shape index (κ2) is 6.64. The Balaban J connectivity index is 1.46. The number of fused-ring (bicyclic) bond motifs is 4. The van der Waals surface area contributed by atoms with Crippen LogP contribution in [0.15, 0.2) is 79.3 Å². The predicted molar refractivity (Wildman–Crippen MR) is 117 cm³/mol. The summed E-state index contributed by atoms with van der Waals surface area (Å²) in [5.41, 5.74) is 3.57. The van der Waals surface area contributed by atoms with E-state index in [1.54, 1.807) is 17.2 Å². The van der Waals surface area contributed by atoms with Crippen molar-refractivity contribution in [1.82, 2.24) is 29.4 Å². The van der Waals surface area contributed by atoms with Gasteiger partial charge in [0.2, 0.25) is 0 Å². The molecule has 0 atom stereocenters. The molecular formula is C23H15ClN6. The zero-order valence-corrected chi connectivity index (χ0v) is 16.5. The van der Waals surface area contributed by atoms with Gasteiger partial charge in [-0.1, -0.05) is 54.1 Å². The van der Waals surface area contributed by atoms with Gasteiger partial charge in [0, 0.05) is 11.4 Å². The molecule has 0 bridgehead atoms. The zero-order valence-electron chi connectivity index (χ0n) is 15.8. The highest BCUT2D eigenvalue weighted by atomic mass is 35.5. The Morgan fingerprint density at radius 3 is 2.53 bits per heavy atom. The lowest BCUT2D eigenvalue weighted by atomic mass is 10.0. The molecule has 0 radical (unpaired) electrons. The van der Waals surface area contributed by atoms with E-state index in [9.17, 15) is 0 Å². The topological polar surface area (TPSA) is 60.9 Å². The van der Waals surface area contributed by atoms with Gasteiger partial charge in [0.1, 0.15) is 12.2 Å². The quantitative estimate of drug-likeness (QED) is 0.418. The first-order chi connectivity index (χ1) is 14.8. The summed E-state index contributed by atoms with van der Waals surface area (Å²) in [4.78, 5) is 4.66. The first-order valence-electron chi connectivity index (χ1n) is 9.57. The van der Waals surface area contributed by atoms with Crippen molar-refractivity contribution < 1.29 is 0 Å². The molecule has 144 valence electrons. The van der Waals surface area contributed by atoms with Gasteiger partial charge in [0.05, 0.1) is 17.3 Å². The molecule has 3 aromatic heterocycles. The Morgan fingerprint density at radius 1 is 0.800 bits per heavy atom. The summed E-state index contributed by atoms with van der Waals surface area (Å²) >= 11 is 6.01. The summed E-state index contributed by atoms with van der Waals surface area (Å²) < 4.78 is 3.72. The number of rotatable bonds is 3. The lowest BCUT2D eigenvalue weighted by Crippen LogP contribution is -2.00. The maximum absolute atomic E-state index is 6.01. The van der Waals surface area contributed by atoms with E-state index in [1.165, 1.54) is 16.3 Å². The number of aromatic nitrogens is 6. The van der Waals surface area contributed by atoms with Gasteiger partial charge in [-0.25, -0.2) is 9.67 Å². The number of halogens is 1. The van der Waals surface area contributed by atoms with Crippen LogP contribution in [0.3, 0.4) is 0 Å². The van der Waals surface area contributed by atoms with Gasteiger partial charge < -0.3 is 0 Å². The fourth-order valence-corrected chi connectivity index (χ4v) is 4.00. The fraction of sp³-hybridized carbons (Fsp3) is 0.0435. The fourth-order valence-electron chi connectivity index (χ4n) is 3.87. The minimum atomic E-state index is 0.668. The average molecular weight is 411 g/mol. The van der Waals surface area contributed by atoms with E-state index < -0.39 is 0 Å². The maximum atomic E-state index is 6.01. The van der Waals surface area contributed by atoms with Gasteiger partial charge in [-0.2, -0.15) is 5.10 Å². The first kappa shape index (κ1) is 17.1. The zero-order chi connectivity index (χ0) is 20.1. The second-order valence-corrected chi connectivity index (χ2v) is 7.58. The van der Waals surface area contributed by atoms with Crippen LogP contribution in [0.1, 0.15) is 11.4 Å². The molecule has 6 rings (SSSR count). The molecule has 0 aliphatic rings. The van der Waals surface area contributed by atoms with Crippen molar-refractivity contribution >= 4 is 39.1 Å². The molecule has 0 unspecified atom stereocenters. The van der Waals surface area contributed by atoms with Crippen LogP contribution in [0, 0.1) is 0 Å². The molecule has 3 heterocycles. The smallest absolute Gasteiger partial charge is 0.174 e. The molecule has 3 aromatic carbocycles. The maximum Gasteiger partial charge on any atom is 0.174 e. The van der Waals surface area contributed by atoms with E-state index >= 15 is 0 Å². The SMILES string of the molecule is Clc1ccc(-n2ncc3c2ncn2c(Cc4cccc5ccccc45)nnc32)cc1. The normalized spacial score (nSPS) is 11.6. The molecular weight excluding hydrogens is 396 g/mol. The largest absolute Gasteiger partial charge is 0.268 e. The minimum Gasteiger partial charge on any atom is -0.268 e. The number of benzene rings is 3. The number of nitrogens with zero attached hydrogens (tertiary/aromatic N) is 6. The van der Waals surface area contributed by atoms with Crippen LogP contribution in [0.5, 0.6) is 0 Å². The molecule has 0 aliphatic heterocycles. The van der Waals surface area contributed by atoms with Crippen LogP contribution >= 0.6 is 11.6 Å². The van der Waals surface area contributed by atoms with Crippen LogP contribution in [0.25, 0.3) is 33.1 Å². The van der Waals surface area contributed by atoms with E-state index in [2.05, 4.69) is 62.7 Å². The molecule has 7 heteroatoms. The lowest BCUT2D eigenvalue weighted by Gasteiger charge is -2.06. The highest BCUT2D eigenvalue weighted by molar-refractivity contribution is 6.30. The van der Waals surface area contributed by atoms with Crippen molar-refractivity contribution in [2.45, 2.75) is 6.42 Å². The highest BCUT2D eigenvalue weighted by Gasteiger charge is 2.15. The summed E-state index contributed by atoms with van der Waals surface area (Å²) in [5, 5.41) is 17.4. The first-order valence-corrected chi connectivity index (χ1v) is 9.95. The van der Waals surface area contributed by atoms with Gasteiger partial charge in [-0.05, 0) is 40.6 Å². The Labute approximate surface area is 176 Å². The van der Waals surface area contributed by atoms with Crippen molar-refractivity contribution in [3.63, 3.8) is 0 Å². The van der Waals surface area contributed by atoms with Crippen molar-refractivity contribution in [2.24, 2.45) is 0 Å². The third kappa shape index (κ3) is 2.65. The van der Waals surface area contributed by atoms with Crippen molar-refractivity contribution in [3.05, 3.63) is 95.7 Å². The Bertz CT molecular complexity index is 1530. The summed E-state index contributed by atoms with van der Waals surface area (Å²) in [6.07, 6.45) is 4.22. The molecule has 0 saturated heterocycles. The molecule has 30 heavy (non-hydrogen) atoms. The van der Waals surface area contributed by atoms with Crippen LogP contribution in [-0.4, -0.2) is 29.4 Å². The van der Waals surface area contributed by atoms with Gasteiger partial charge in [-0.3, -0.25) is 4.40 Å². The predicted octanol–water partition coefficient (Wildman–Crippen LogP) is 4.86. The third-order valence-corrected chi connectivity index (χ3v) is 5.60. The number of hydrogen-bond acceptors (Lipinski definition) is 4. The van der Waals surface area contributed by atoms with Crippen LogP contribution in [-0.2, 0) is 6.42 Å². The Kier molecular flexibility index (Phi) is 3.79.